The Morgan fingerprint density at radius 2 is 2.12 bits per heavy atom. The van der Waals surface area contributed by atoms with Crippen LogP contribution in [0, 0.1) is 6.92 Å². The number of morpholine rings is 1. The van der Waals surface area contributed by atoms with Gasteiger partial charge in [0.05, 0.1) is 13.2 Å². The predicted molar refractivity (Wildman–Crippen MR) is 93.2 cm³/mol. The van der Waals surface area contributed by atoms with Crippen LogP contribution in [0.5, 0.6) is 0 Å². The van der Waals surface area contributed by atoms with Gasteiger partial charge < -0.3 is 14.5 Å². The molecule has 25 heavy (non-hydrogen) atoms. The number of carbonyl (C=O) groups is 1. The average Bonchev–Trinajstić information content (AvgIpc) is 3.31. The van der Waals surface area contributed by atoms with Crippen LogP contribution in [0.4, 0.5) is 5.69 Å². The molecule has 7 nitrogen and oxygen atoms in total. The third kappa shape index (κ3) is 3.24. The van der Waals surface area contributed by atoms with Crippen LogP contribution in [-0.2, 0) is 9.53 Å². The van der Waals surface area contributed by atoms with Gasteiger partial charge in [0.15, 0.2) is 5.82 Å². The summed E-state index contributed by atoms with van der Waals surface area (Å²) in [6.07, 6.45) is 1.68. The predicted octanol–water partition coefficient (Wildman–Crippen LogP) is 1.68. The highest BCUT2D eigenvalue weighted by Gasteiger charge is 2.36. The monoisotopic (exact) mass is 341 g/mol. The van der Waals surface area contributed by atoms with Gasteiger partial charge in [0, 0.05) is 18.8 Å². The molecule has 3 heterocycles. The highest BCUT2D eigenvalue weighted by molar-refractivity contribution is 5.86. The van der Waals surface area contributed by atoms with Crippen molar-refractivity contribution in [1.82, 2.24) is 20.1 Å². The van der Waals surface area contributed by atoms with E-state index in [1.807, 2.05) is 30.0 Å². The molecule has 2 atom stereocenters. The molecule has 0 saturated carbocycles. The number of aromatic amines is 1. The molecule has 0 aliphatic carbocycles. The molecule has 2 saturated heterocycles. The second kappa shape index (κ2) is 6.84. The van der Waals surface area contributed by atoms with Gasteiger partial charge >= 0.3 is 0 Å². The van der Waals surface area contributed by atoms with Gasteiger partial charge in [-0.15, -0.1) is 0 Å². The molecule has 4 rings (SSSR count). The van der Waals surface area contributed by atoms with E-state index in [1.165, 1.54) is 0 Å². The zero-order chi connectivity index (χ0) is 17.2. The van der Waals surface area contributed by atoms with Crippen molar-refractivity contribution in [2.45, 2.75) is 31.9 Å². The Morgan fingerprint density at radius 3 is 2.88 bits per heavy atom. The normalized spacial score (nSPS) is 23.9. The van der Waals surface area contributed by atoms with E-state index in [9.17, 15) is 4.79 Å². The Balaban J connectivity index is 1.48. The summed E-state index contributed by atoms with van der Waals surface area (Å²) in [5.41, 5.74) is 1.12. The maximum atomic E-state index is 13.1. The van der Waals surface area contributed by atoms with Crippen LogP contribution in [0.25, 0.3) is 0 Å². The molecule has 1 amide bonds. The van der Waals surface area contributed by atoms with Gasteiger partial charge in [0.25, 0.3) is 0 Å². The number of amides is 1. The summed E-state index contributed by atoms with van der Waals surface area (Å²) in [5.74, 6) is 1.57. The lowest BCUT2D eigenvalue weighted by Crippen LogP contribution is -2.50. The largest absolute Gasteiger partial charge is 0.366 e. The van der Waals surface area contributed by atoms with E-state index < -0.39 is 0 Å². The van der Waals surface area contributed by atoms with Crippen molar-refractivity contribution in [2.24, 2.45) is 0 Å². The van der Waals surface area contributed by atoms with Crippen molar-refractivity contribution in [3.05, 3.63) is 42.0 Å². The minimum Gasteiger partial charge on any atom is -0.366 e. The molecule has 0 spiro atoms. The lowest BCUT2D eigenvalue weighted by atomic mass is 10.1. The third-order valence-corrected chi connectivity index (χ3v) is 4.91. The number of aromatic nitrogens is 3. The van der Waals surface area contributed by atoms with E-state index in [0.717, 1.165) is 30.9 Å². The number of para-hydroxylation sites is 1. The number of carbonyl (C=O) groups excluding carboxylic acids is 1. The minimum absolute atomic E-state index is 0.0879. The summed E-state index contributed by atoms with van der Waals surface area (Å²) in [6.45, 7) is 4.43. The van der Waals surface area contributed by atoms with Crippen LogP contribution in [0.2, 0.25) is 0 Å². The van der Waals surface area contributed by atoms with Gasteiger partial charge in [-0.25, -0.2) is 4.98 Å². The Morgan fingerprint density at radius 1 is 1.28 bits per heavy atom. The lowest BCUT2D eigenvalue weighted by molar-refractivity contribution is -0.140. The minimum atomic E-state index is -0.255. The first-order chi connectivity index (χ1) is 12.2. The number of ether oxygens (including phenoxy) is 1. The highest BCUT2D eigenvalue weighted by Crippen LogP contribution is 2.28. The van der Waals surface area contributed by atoms with Crippen molar-refractivity contribution >= 4 is 11.6 Å². The fourth-order valence-corrected chi connectivity index (χ4v) is 3.67. The maximum Gasteiger partial charge on any atom is 0.245 e. The van der Waals surface area contributed by atoms with Crippen LogP contribution in [-0.4, -0.2) is 58.3 Å². The summed E-state index contributed by atoms with van der Waals surface area (Å²) >= 11 is 0. The number of hydrogen-bond acceptors (Lipinski definition) is 5. The molecular weight excluding hydrogens is 318 g/mol. The van der Waals surface area contributed by atoms with Crippen molar-refractivity contribution in [1.29, 1.82) is 0 Å². The van der Waals surface area contributed by atoms with E-state index in [2.05, 4.69) is 32.2 Å². The van der Waals surface area contributed by atoms with Gasteiger partial charge in [-0.1, -0.05) is 18.2 Å². The fourth-order valence-electron chi connectivity index (χ4n) is 3.67. The summed E-state index contributed by atoms with van der Waals surface area (Å²) in [7, 11) is 0. The second-order valence-corrected chi connectivity index (χ2v) is 6.61. The topological polar surface area (TPSA) is 74.3 Å². The molecule has 2 aliphatic rings. The fraction of sp³-hybridized carbons (Fsp3) is 0.500. The van der Waals surface area contributed by atoms with Gasteiger partial charge in [-0.05, 0) is 31.9 Å². The van der Waals surface area contributed by atoms with E-state index in [-0.39, 0.29) is 18.1 Å². The molecule has 7 heteroatoms. The molecule has 2 aromatic rings. The van der Waals surface area contributed by atoms with Gasteiger partial charge in [-0.2, -0.15) is 5.10 Å². The zero-order valence-corrected chi connectivity index (χ0v) is 14.4. The lowest BCUT2D eigenvalue weighted by Gasteiger charge is -2.36. The molecule has 2 aliphatic heterocycles. The number of H-pyrrole nitrogens is 1. The summed E-state index contributed by atoms with van der Waals surface area (Å²) in [6, 6.07) is 10.1. The Hall–Kier alpha value is -2.41. The molecule has 2 unspecified atom stereocenters. The highest BCUT2D eigenvalue weighted by atomic mass is 16.5. The molecule has 1 N–H and O–H groups in total. The van der Waals surface area contributed by atoms with E-state index in [4.69, 9.17) is 4.74 Å². The Bertz CT molecular complexity index is 732. The maximum absolute atomic E-state index is 13.1. The first-order valence-corrected chi connectivity index (χ1v) is 8.83. The molecule has 1 aromatic carbocycles. The summed E-state index contributed by atoms with van der Waals surface area (Å²) in [4.78, 5) is 21.6. The Labute approximate surface area is 147 Å². The number of anilines is 1. The zero-order valence-electron chi connectivity index (χ0n) is 14.4. The molecular formula is C18H23N5O2. The number of nitrogens with zero attached hydrogens (tertiary/aromatic N) is 4. The van der Waals surface area contributed by atoms with E-state index >= 15 is 0 Å². The number of hydrogen-bond donors (Lipinski definition) is 1. The second-order valence-electron chi connectivity index (χ2n) is 6.61. The number of nitrogens with one attached hydrogen (secondary N) is 1. The average molecular weight is 341 g/mol. The third-order valence-electron chi connectivity index (χ3n) is 4.91. The molecule has 0 bridgehead atoms. The number of benzene rings is 1. The van der Waals surface area contributed by atoms with Crippen molar-refractivity contribution in [3.8, 4) is 0 Å². The van der Waals surface area contributed by atoms with Crippen molar-refractivity contribution in [2.75, 3.05) is 31.1 Å². The SMILES string of the molecule is Cc1nc(C2CN(C(=O)C3CCCN3c3ccccc3)CCO2)n[nH]1. The van der Waals surface area contributed by atoms with Crippen LogP contribution in [0.3, 0.4) is 0 Å². The van der Waals surface area contributed by atoms with Crippen LogP contribution in [0.15, 0.2) is 30.3 Å². The molecule has 132 valence electrons. The summed E-state index contributed by atoms with van der Waals surface area (Å²) < 4.78 is 5.78. The number of aryl methyl sites for hydroxylation is 1. The molecule has 0 radical (unpaired) electrons. The van der Waals surface area contributed by atoms with Crippen molar-refractivity contribution < 1.29 is 9.53 Å². The quantitative estimate of drug-likeness (QED) is 0.919. The van der Waals surface area contributed by atoms with Crippen molar-refractivity contribution in [3.63, 3.8) is 0 Å². The first-order valence-electron chi connectivity index (χ1n) is 8.83. The molecule has 1 aromatic heterocycles. The van der Waals surface area contributed by atoms with Crippen LogP contribution in [0.1, 0.15) is 30.6 Å². The first kappa shape index (κ1) is 16.1. The summed E-state index contributed by atoms with van der Waals surface area (Å²) in [5, 5.41) is 7.02. The van der Waals surface area contributed by atoms with Crippen LogP contribution >= 0.6 is 0 Å². The Kier molecular flexibility index (Phi) is 4.40. The standard InChI is InChI=1S/C18H23N5O2/c1-13-19-17(21-20-13)16-12-22(10-11-25-16)18(24)15-8-5-9-23(15)14-6-3-2-4-7-14/h2-4,6-7,15-16H,5,8-12H2,1H3,(H,19,20,21). The van der Waals surface area contributed by atoms with E-state index in [1.54, 1.807) is 0 Å². The van der Waals surface area contributed by atoms with Crippen LogP contribution < -0.4 is 4.90 Å². The van der Waals surface area contributed by atoms with Gasteiger partial charge in [0.2, 0.25) is 5.91 Å². The van der Waals surface area contributed by atoms with E-state index in [0.29, 0.717) is 25.5 Å². The van der Waals surface area contributed by atoms with Gasteiger partial charge in [0.1, 0.15) is 18.0 Å². The smallest absolute Gasteiger partial charge is 0.245 e. The number of rotatable bonds is 3. The molecule has 2 fully saturated rings. The van der Waals surface area contributed by atoms with Gasteiger partial charge in [-0.3, -0.25) is 9.89 Å².